The maximum atomic E-state index is 12.5. The number of hydrogen-bond donors (Lipinski definition) is 1. The third-order valence-corrected chi connectivity index (χ3v) is 7.09. The van der Waals surface area contributed by atoms with Crippen LogP contribution in [0, 0.1) is 5.92 Å². The molecule has 1 atom stereocenters. The van der Waals surface area contributed by atoms with E-state index in [1.807, 2.05) is 65.6 Å². The van der Waals surface area contributed by atoms with Crippen molar-refractivity contribution < 1.29 is 13.2 Å². The average molecular weight is 419 g/mol. The van der Waals surface area contributed by atoms with Gasteiger partial charge in [-0.1, -0.05) is 48.5 Å². The molecule has 7 heteroatoms. The van der Waals surface area contributed by atoms with Gasteiger partial charge in [-0.05, 0) is 36.5 Å². The van der Waals surface area contributed by atoms with Crippen LogP contribution in [0.2, 0.25) is 0 Å². The highest BCUT2D eigenvalue weighted by molar-refractivity contribution is 8.00. The van der Waals surface area contributed by atoms with Crippen LogP contribution < -0.4 is 4.72 Å². The van der Waals surface area contributed by atoms with Crippen LogP contribution >= 0.6 is 11.8 Å². The number of amides is 1. The first-order valence-corrected chi connectivity index (χ1v) is 12.1. The predicted molar refractivity (Wildman–Crippen MR) is 114 cm³/mol. The van der Waals surface area contributed by atoms with Gasteiger partial charge in [0.2, 0.25) is 15.9 Å². The summed E-state index contributed by atoms with van der Waals surface area (Å²) in [4.78, 5) is 15.5. The highest BCUT2D eigenvalue weighted by Gasteiger charge is 2.25. The molecule has 0 aliphatic carbocycles. The number of nitrogens with zero attached hydrogens (tertiary/aromatic N) is 1. The van der Waals surface area contributed by atoms with E-state index in [1.165, 1.54) is 11.8 Å². The second kappa shape index (κ2) is 10.1. The lowest BCUT2D eigenvalue weighted by Crippen LogP contribution is -2.44. The summed E-state index contributed by atoms with van der Waals surface area (Å²) in [5.74, 6) is 0.670. The van der Waals surface area contributed by atoms with Crippen LogP contribution in [0.5, 0.6) is 0 Å². The Morgan fingerprint density at radius 2 is 1.75 bits per heavy atom. The summed E-state index contributed by atoms with van der Waals surface area (Å²) in [6.07, 6.45) is 1.84. The molecule has 1 heterocycles. The molecule has 5 nitrogen and oxygen atoms in total. The molecule has 1 saturated heterocycles. The fourth-order valence-electron chi connectivity index (χ4n) is 3.30. The van der Waals surface area contributed by atoms with Gasteiger partial charge in [-0.2, -0.15) is 0 Å². The fourth-order valence-corrected chi connectivity index (χ4v) is 5.35. The van der Waals surface area contributed by atoms with Gasteiger partial charge in [0.25, 0.3) is 0 Å². The molecule has 1 fully saturated rings. The number of carbonyl (C=O) groups excluding carboxylic acids is 1. The molecule has 3 rings (SSSR count). The number of rotatable bonds is 8. The molecule has 1 amide bonds. The maximum Gasteiger partial charge on any atom is 0.232 e. The second-order valence-corrected chi connectivity index (χ2v) is 9.90. The second-order valence-electron chi connectivity index (χ2n) is 7.04. The normalized spacial score (nSPS) is 17.4. The number of sulfonamides is 1. The van der Waals surface area contributed by atoms with Gasteiger partial charge in [0, 0.05) is 24.5 Å². The number of benzene rings is 2. The van der Waals surface area contributed by atoms with Crippen molar-refractivity contribution >= 4 is 27.7 Å². The van der Waals surface area contributed by atoms with E-state index in [0.717, 1.165) is 29.8 Å². The minimum absolute atomic E-state index is 0.0169. The van der Waals surface area contributed by atoms with Crippen molar-refractivity contribution in [3.63, 3.8) is 0 Å². The lowest BCUT2D eigenvalue weighted by atomic mass is 9.98. The first kappa shape index (κ1) is 20.9. The van der Waals surface area contributed by atoms with Crippen molar-refractivity contribution in [2.45, 2.75) is 23.5 Å². The van der Waals surface area contributed by atoms with Gasteiger partial charge in [0.05, 0.1) is 11.5 Å². The van der Waals surface area contributed by atoms with Gasteiger partial charge < -0.3 is 4.90 Å². The van der Waals surface area contributed by atoms with Crippen LogP contribution in [0.25, 0.3) is 0 Å². The predicted octanol–water partition coefficient (Wildman–Crippen LogP) is 3.14. The molecule has 2 aromatic carbocycles. The van der Waals surface area contributed by atoms with Gasteiger partial charge >= 0.3 is 0 Å². The summed E-state index contributed by atoms with van der Waals surface area (Å²) < 4.78 is 27.4. The standard InChI is InChI=1S/C21H26N2O3S2/c24-21(16-27-20-11-5-2-6-12-20)23-13-7-10-19(15-23)14-22-28(25,26)17-18-8-3-1-4-9-18/h1-6,8-9,11-12,19,22H,7,10,13-17H2. The van der Waals surface area contributed by atoms with E-state index in [2.05, 4.69) is 4.72 Å². The molecule has 1 aliphatic rings. The molecule has 0 radical (unpaired) electrons. The quantitative estimate of drug-likeness (QED) is 0.669. The Kier molecular flexibility index (Phi) is 7.53. The van der Waals surface area contributed by atoms with Gasteiger partial charge in [-0.25, -0.2) is 13.1 Å². The molecular formula is C21H26N2O3S2. The highest BCUT2D eigenvalue weighted by atomic mass is 32.2. The number of thioether (sulfide) groups is 1. The Balaban J connectivity index is 1.46. The molecule has 0 aromatic heterocycles. The zero-order chi connectivity index (χ0) is 19.8. The van der Waals surface area contributed by atoms with Gasteiger partial charge in [-0.15, -0.1) is 11.8 Å². The van der Waals surface area contributed by atoms with Crippen LogP contribution in [-0.2, 0) is 20.6 Å². The number of piperidine rings is 1. The van der Waals surface area contributed by atoms with E-state index < -0.39 is 10.0 Å². The van der Waals surface area contributed by atoms with Crippen molar-refractivity contribution in [3.05, 3.63) is 66.2 Å². The first-order chi connectivity index (χ1) is 13.5. The van der Waals surface area contributed by atoms with Crippen LogP contribution in [0.15, 0.2) is 65.6 Å². The van der Waals surface area contributed by atoms with Gasteiger partial charge in [0.15, 0.2) is 0 Å². The monoisotopic (exact) mass is 418 g/mol. The van der Waals surface area contributed by atoms with Crippen LogP contribution in [0.4, 0.5) is 0 Å². The van der Waals surface area contributed by atoms with Crippen LogP contribution in [0.1, 0.15) is 18.4 Å². The zero-order valence-electron chi connectivity index (χ0n) is 15.8. The van der Waals surface area contributed by atoms with E-state index in [0.29, 0.717) is 18.8 Å². The summed E-state index contributed by atoms with van der Waals surface area (Å²) in [7, 11) is -3.38. The van der Waals surface area contributed by atoms with Crippen LogP contribution in [0.3, 0.4) is 0 Å². The van der Waals surface area contributed by atoms with Gasteiger partial charge in [-0.3, -0.25) is 4.79 Å². The third kappa shape index (κ3) is 6.65. The minimum atomic E-state index is -3.38. The highest BCUT2D eigenvalue weighted by Crippen LogP contribution is 2.21. The minimum Gasteiger partial charge on any atom is -0.342 e. The zero-order valence-corrected chi connectivity index (χ0v) is 17.4. The topological polar surface area (TPSA) is 66.5 Å². The van der Waals surface area contributed by atoms with Crippen molar-refractivity contribution in [2.75, 3.05) is 25.4 Å². The largest absolute Gasteiger partial charge is 0.342 e. The Labute approximate surface area is 171 Å². The van der Waals surface area contributed by atoms with Crippen LogP contribution in [-0.4, -0.2) is 44.6 Å². The Morgan fingerprint density at radius 3 is 2.46 bits per heavy atom. The van der Waals surface area contributed by atoms with E-state index >= 15 is 0 Å². The van der Waals surface area contributed by atoms with Crippen molar-refractivity contribution in [2.24, 2.45) is 5.92 Å². The number of carbonyl (C=O) groups is 1. The molecule has 1 unspecified atom stereocenters. The Bertz CT molecular complexity index is 858. The molecule has 0 saturated carbocycles. The number of nitrogens with one attached hydrogen (secondary N) is 1. The fraction of sp³-hybridized carbons (Fsp3) is 0.381. The Hall–Kier alpha value is -1.83. The smallest absolute Gasteiger partial charge is 0.232 e. The molecule has 1 aliphatic heterocycles. The summed E-state index contributed by atoms with van der Waals surface area (Å²) in [5.41, 5.74) is 0.772. The van der Waals surface area contributed by atoms with Crippen molar-refractivity contribution in [3.8, 4) is 0 Å². The molecule has 150 valence electrons. The van der Waals surface area contributed by atoms with Crippen molar-refractivity contribution in [1.29, 1.82) is 0 Å². The van der Waals surface area contributed by atoms with E-state index in [4.69, 9.17) is 0 Å². The molecule has 0 bridgehead atoms. The SMILES string of the molecule is O=C(CSc1ccccc1)N1CCCC(CNS(=O)(=O)Cc2ccccc2)C1. The lowest BCUT2D eigenvalue weighted by molar-refractivity contribution is -0.130. The Morgan fingerprint density at radius 1 is 1.07 bits per heavy atom. The molecular weight excluding hydrogens is 392 g/mol. The first-order valence-electron chi connectivity index (χ1n) is 9.49. The van der Waals surface area contributed by atoms with E-state index in [9.17, 15) is 13.2 Å². The summed E-state index contributed by atoms with van der Waals surface area (Å²) in [6, 6.07) is 19.0. The lowest BCUT2D eigenvalue weighted by Gasteiger charge is -2.32. The number of likely N-dealkylation sites (tertiary alicyclic amines) is 1. The van der Waals surface area contributed by atoms with Gasteiger partial charge in [0.1, 0.15) is 0 Å². The summed E-state index contributed by atoms with van der Waals surface area (Å²) >= 11 is 1.54. The average Bonchev–Trinajstić information content (AvgIpc) is 2.72. The van der Waals surface area contributed by atoms with Crippen molar-refractivity contribution in [1.82, 2.24) is 9.62 Å². The maximum absolute atomic E-state index is 12.5. The van der Waals surface area contributed by atoms with E-state index in [-0.39, 0.29) is 17.6 Å². The molecule has 0 spiro atoms. The number of hydrogen-bond acceptors (Lipinski definition) is 4. The molecule has 28 heavy (non-hydrogen) atoms. The molecule has 2 aromatic rings. The summed E-state index contributed by atoms with van der Waals surface area (Å²) in [6.45, 7) is 1.74. The summed E-state index contributed by atoms with van der Waals surface area (Å²) in [5, 5.41) is 0. The van der Waals surface area contributed by atoms with E-state index in [1.54, 1.807) is 0 Å². The molecule has 1 N–H and O–H groups in total. The third-order valence-electron chi connectivity index (χ3n) is 4.77.